The average molecular weight is 299 g/mol. The molecule has 0 aliphatic heterocycles. The minimum absolute atomic E-state index is 0.0730. The second-order valence-electron chi connectivity index (χ2n) is 5.66. The second-order valence-corrected chi connectivity index (χ2v) is 6.04. The van der Waals surface area contributed by atoms with Crippen LogP contribution in [0.25, 0.3) is 0 Å². The van der Waals surface area contributed by atoms with Gasteiger partial charge in [-0.25, -0.2) is 4.98 Å². The number of amides is 1. The highest BCUT2D eigenvalue weighted by atomic mass is 35.5. The van der Waals surface area contributed by atoms with Crippen LogP contribution >= 0.6 is 11.6 Å². The van der Waals surface area contributed by atoms with E-state index in [2.05, 4.69) is 29.0 Å². The smallest absolute Gasteiger partial charge is 0.253 e. The Balaban J connectivity index is 2.81. The van der Waals surface area contributed by atoms with Crippen LogP contribution in [0.5, 0.6) is 0 Å². The van der Waals surface area contributed by atoms with E-state index < -0.39 is 0 Å². The van der Waals surface area contributed by atoms with E-state index in [1.165, 1.54) is 12.3 Å². The third-order valence-corrected chi connectivity index (χ3v) is 3.03. The molecule has 1 unspecified atom stereocenters. The van der Waals surface area contributed by atoms with Gasteiger partial charge in [-0.05, 0) is 32.5 Å². The molecule has 1 atom stereocenters. The van der Waals surface area contributed by atoms with Crippen molar-refractivity contribution in [1.82, 2.24) is 15.2 Å². The lowest BCUT2D eigenvalue weighted by atomic mass is 10.0. The molecular formula is C14H23ClN4O. The molecule has 0 radical (unpaired) electrons. The number of nitrogen functional groups attached to an aromatic ring is 1. The largest absolute Gasteiger partial charge is 0.397 e. The molecule has 1 aromatic rings. The number of halogens is 1. The van der Waals surface area contributed by atoms with Crippen LogP contribution in [-0.2, 0) is 0 Å². The lowest BCUT2D eigenvalue weighted by molar-refractivity contribution is 0.0925. The number of anilines is 1. The van der Waals surface area contributed by atoms with E-state index >= 15 is 0 Å². The Kier molecular flexibility index (Phi) is 6.23. The fraction of sp³-hybridized carbons (Fsp3) is 0.571. The Hall–Kier alpha value is -1.33. The van der Waals surface area contributed by atoms with Gasteiger partial charge in [0.1, 0.15) is 5.15 Å². The lowest BCUT2D eigenvalue weighted by Gasteiger charge is -2.24. The summed E-state index contributed by atoms with van der Waals surface area (Å²) < 4.78 is 0. The van der Waals surface area contributed by atoms with Crippen LogP contribution in [0.3, 0.4) is 0 Å². The molecule has 0 fully saturated rings. The lowest BCUT2D eigenvalue weighted by Crippen LogP contribution is -2.42. The van der Waals surface area contributed by atoms with Crippen LogP contribution in [0.1, 0.15) is 30.6 Å². The maximum absolute atomic E-state index is 12.3. The summed E-state index contributed by atoms with van der Waals surface area (Å²) in [4.78, 5) is 18.2. The minimum Gasteiger partial charge on any atom is -0.397 e. The molecule has 0 aromatic carbocycles. The topological polar surface area (TPSA) is 71.2 Å². The summed E-state index contributed by atoms with van der Waals surface area (Å²) in [6.45, 7) is 5.04. The first kappa shape index (κ1) is 16.7. The third kappa shape index (κ3) is 5.35. The number of aromatic nitrogens is 1. The fourth-order valence-electron chi connectivity index (χ4n) is 2.09. The second kappa shape index (κ2) is 7.45. The number of rotatable bonds is 6. The maximum Gasteiger partial charge on any atom is 0.253 e. The van der Waals surface area contributed by atoms with Gasteiger partial charge in [-0.15, -0.1) is 0 Å². The first-order valence-corrected chi connectivity index (χ1v) is 7.04. The van der Waals surface area contributed by atoms with Gasteiger partial charge >= 0.3 is 0 Å². The van der Waals surface area contributed by atoms with Crippen molar-refractivity contribution in [2.45, 2.75) is 26.3 Å². The highest BCUT2D eigenvalue weighted by Gasteiger charge is 2.18. The molecule has 0 bridgehead atoms. The summed E-state index contributed by atoms with van der Waals surface area (Å²) in [5, 5.41) is 3.28. The Morgan fingerprint density at radius 3 is 2.70 bits per heavy atom. The molecule has 0 spiro atoms. The van der Waals surface area contributed by atoms with Gasteiger partial charge in [0.25, 0.3) is 5.91 Å². The van der Waals surface area contributed by atoms with Crippen LogP contribution in [0.2, 0.25) is 5.15 Å². The predicted octanol–water partition coefficient (Wildman–Crippen LogP) is 2.02. The molecule has 0 saturated heterocycles. The monoisotopic (exact) mass is 298 g/mol. The first-order valence-electron chi connectivity index (χ1n) is 6.66. The Morgan fingerprint density at radius 2 is 2.15 bits per heavy atom. The molecule has 112 valence electrons. The Morgan fingerprint density at radius 1 is 1.50 bits per heavy atom. The summed E-state index contributed by atoms with van der Waals surface area (Å²) in [6, 6.07) is 1.57. The van der Waals surface area contributed by atoms with Crippen molar-refractivity contribution in [2.75, 3.05) is 26.4 Å². The highest BCUT2D eigenvalue weighted by molar-refractivity contribution is 6.29. The zero-order valence-corrected chi connectivity index (χ0v) is 13.2. The number of hydrogen-bond acceptors (Lipinski definition) is 4. The number of nitrogens with two attached hydrogens (primary N) is 1. The van der Waals surface area contributed by atoms with Crippen molar-refractivity contribution in [1.29, 1.82) is 0 Å². The van der Waals surface area contributed by atoms with Gasteiger partial charge in [-0.3, -0.25) is 4.79 Å². The van der Waals surface area contributed by atoms with Crippen molar-refractivity contribution < 1.29 is 4.79 Å². The Labute approximate surface area is 125 Å². The predicted molar refractivity (Wildman–Crippen MR) is 82.9 cm³/mol. The summed E-state index contributed by atoms with van der Waals surface area (Å²) >= 11 is 5.81. The van der Waals surface area contributed by atoms with E-state index in [0.29, 0.717) is 17.2 Å². The van der Waals surface area contributed by atoms with Gasteiger partial charge in [-0.2, -0.15) is 0 Å². The van der Waals surface area contributed by atoms with E-state index in [0.717, 1.165) is 13.0 Å². The normalized spacial score (nSPS) is 12.8. The number of nitrogens with one attached hydrogen (secondary N) is 1. The number of likely N-dealkylation sites (N-methyl/N-ethyl adjacent to an activating group) is 1. The van der Waals surface area contributed by atoms with Gasteiger partial charge < -0.3 is 16.0 Å². The number of carbonyl (C=O) groups is 1. The van der Waals surface area contributed by atoms with Crippen molar-refractivity contribution in [2.24, 2.45) is 5.92 Å². The van der Waals surface area contributed by atoms with Crippen molar-refractivity contribution >= 4 is 23.2 Å². The molecule has 5 nitrogen and oxygen atoms in total. The maximum atomic E-state index is 12.3. The standard InChI is InChI=1S/C14H23ClN4O/c1-9(2)5-10(8-19(3)4)18-14(20)11-6-13(15)17-7-12(11)16/h6-7,9-10H,5,8,16H2,1-4H3,(H,18,20). The number of nitrogens with zero attached hydrogens (tertiary/aromatic N) is 2. The molecule has 6 heteroatoms. The van der Waals surface area contributed by atoms with Crippen molar-refractivity contribution in [3.8, 4) is 0 Å². The van der Waals surface area contributed by atoms with Gasteiger partial charge in [0.15, 0.2) is 0 Å². The molecule has 20 heavy (non-hydrogen) atoms. The molecule has 1 amide bonds. The van der Waals surface area contributed by atoms with Gasteiger partial charge in [0.05, 0.1) is 17.4 Å². The van der Waals surface area contributed by atoms with Crippen molar-refractivity contribution in [3.05, 3.63) is 23.0 Å². The first-order chi connectivity index (χ1) is 9.29. The molecule has 0 saturated carbocycles. The summed E-state index contributed by atoms with van der Waals surface area (Å²) in [6.07, 6.45) is 2.31. The zero-order valence-electron chi connectivity index (χ0n) is 12.5. The van der Waals surface area contributed by atoms with E-state index in [4.69, 9.17) is 17.3 Å². The molecule has 0 aliphatic carbocycles. The summed E-state index contributed by atoms with van der Waals surface area (Å²) in [5.74, 6) is 0.290. The minimum atomic E-state index is -0.209. The van der Waals surface area contributed by atoms with Crippen LogP contribution in [0.4, 0.5) is 5.69 Å². The van der Waals surface area contributed by atoms with E-state index in [9.17, 15) is 4.79 Å². The summed E-state index contributed by atoms with van der Waals surface area (Å²) in [5.41, 5.74) is 6.48. The highest BCUT2D eigenvalue weighted by Crippen LogP contribution is 2.15. The molecule has 1 aromatic heterocycles. The molecule has 0 aliphatic rings. The van der Waals surface area contributed by atoms with E-state index in [-0.39, 0.29) is 17.1 Å². The van der Waals surface area contributed by atoms with E-state index in [1.54, 1.807) is 0 Å². The third-order valence-electron chi connectivity index (χ3n) is 2.82. The van der Waals surface area contributed by atoms with Crippen molar-refractivity contribution in [3.63, 3.8) is 0 Å². The quantitative estimate of drug-likeness (QED) is 0.788. The van der Waals surface area contributed by atoms with E-state index in [1.807, 2.05) is 14.1 Å². The molecular weight excluding hydrogens is 276 g/mol. The van der Waals surface area contributed by atoms with Crippen LogP contribution in [0, 0.1) is 5.92 Å². The van der Waals surface area contributed by atoms with Gasteiger partial charge in [0.2, 0.25) is 0 Å². The fourth-order valence-corrected chi connectivity index (χ4v) is 2.25. The molecule has 3 N–H and O–H groups in total. The summed E-state index contributed by atoms with van der Waals surface area (Å²) in [7, 11) is 3.97. The average Bonchev–Trinajstić information content (AvgIpc) is 2.30. The number of pyridine rings is 1. The SMILES string of the molecule is CC(C)CC(CN(C)C)NC(=O)c1cc(Cl)ncc1N. The molecule has 1 heterocycles. The van der Waals surface area contributed by atoms with Gasteiger partial charge in [-0.1, -0.05) is 25.4 Å². The number of hydrogen-bond donors (Lipinski definition) is 2. The van der Waals surface area contributed by atoms with Crippen LogP contribution < -0.4 is 11.1 Å². The van der Waals surface area contributed by atoms with Crippen LogP contribution in [0.15, 0.2) is 12.3 Å². The molecule has 1 rings (SSSR count). The zero-order chi connectivity index (χ0) is 15.3. The van der Waals surface area contributed by atoms with Gasteiger partial charge in [0, 0.05) is 12.6 Å². The number of carbonyl (C=O) groups excluding carboxylic acids is 1. The Bertz CT molecular complexity index is 452. The van der Waals surface area contributed by atoms with Crippen LogP contribution in [-0.4, -0.2) is 42.5 Å².